The largest absolute Gasteiger partial charge is 0.337 e. The standard InChI is InChI=1S/C12H22N2O/c1-9(2)8-12(15)14-7-6-13-10-4-3-5-11(10)14/h9-11,13H,3-8H2,1-2H3. The van der Waals surface area contributed by atoms with E-state index < -0.39 is 0 Å². The van der Waals surface area contributed by atoms with Crippen molar-refractivity contribution in [3.05, 3.63) is 0 Å². The predicted octanol–water partition coefficient (Wildman–Crippen LogP) is 1.39. The molecule has 0 radical (unpaired) electrons. The Morgan fingerprint density at radius 2 is 2.27 bits per heavy atom. The fourth-order valence-electron chi connectivity index (χ4n) is 2.86. The van der Waals surface area contributed by atoms with Gasteiger partial charge in [0.15, 0.2) is 0 Å². The van der Waals surface area contributed by atoms with Crippen LogP contribution in [0.5, 0.6) is 0 Å². The molecule has 1 amide bonds. The van der Waals surface area contributed by atoms with Crippen LogP contribution in [0.4, 0.5) is 0 Å². The highest BCUT2D eigenvalue weighted by Gasteiger charge is 2.36. The Morgan fingerprint density at radius 1 is 1.47 bits per heavy atom. The van der Waals surface area contributed by atoms with Crippen LogP contribution < -0.4 is 5.32 Å². The molecule has 3 nitrogen and oxygen atoms in total. The van der Waals surface area contributed by atoms with Crippen molar-refractivity contribution < 1.29 is 4.79 Å². The first-order valence-corrected chi connectivity index (χ1v) is 6.21. The Labute approximate surface area is 92.2 Å². The number of nitrogens with zero attached hydrogens (tertiary/aromatic N) is 1. The lowest BCUT2D eigenvalue weighted by atomic mass is 10.0. The summed E-state index contributed by atoms with van der Waals surface area (Å²) < 4.78 is 0. The van der Waals surface area contributed by atoms with E-state index in [-0.39, 0.29) is 0 Å². The van der Waals surface area contributed by atoms with Crippen LogP contribution in [0, 0.1) is 5.92 Å². The van der Waals surface area contributed by atoms with E-state index in [0.717, 1.165) is 13.1 Å². The fourth-order valence-corrected chi connectivity index (χ4v) is 2.86. The second-order valence-corrected chi connectivity index (χ2v) is 5.24. The van der Waals surface area contributed by atoms with E-state index in [0.29, 0.717) is 30.3 Å². The number of hydrogen-bond donors (Lipinski definition) is 1. The van der Waals surface area contributed by atoms with Crippen molar-refractivity contribution in [3.8, 4) is 0 Å². The third-order valence-corrected chi connectivity index (χ3v) is 3.54. The van der Waals surface area contributed by atoms with Crippen molar-refractivity contribution in [2.75, 3.05) is 13.1 Å². The summed E-state index contributed by atoms with van der Waals surface area (Å²) in [4.78, 5) is 14.2. The first-order chi connectivity index (χ1) is 7.18. The topological polar surface area (TPSA) is 32.3 Å². The Kier molecular flexibility index (Phi) is 3.29. The molecule has 15 heavy (non-hydrogen) atoms. The van der Waals surface area contributed by atoms with Crippen LogP contribution >= 0.6 is 0 Å². The van der Waals surface area contributed by atoms with Crippen LogP contribution in [0.2, 0.25) is 0 Å². The lowest BCUT2D eigenvalue weighted by Gasteiger charge is -2.38. The van der Waals surface area contributed by atoms with E-state index in [2.05, 4.69) is 24.1 Å². The van der Waals surface area contributed by atoms with Gasteiger partial charge in [-0.25, -0.2) is 0 Å². The highest BCUT2D eigenvalue weighted by atomic mass is 16.2. The van der Waals surface area contributed by atoms with Crippen molar-refractivity contribution in [1.82, 2.24) is 10.2 Å². The van der Waals surface area contributed by atoms with E-state index in [1.54, 1.807) is 0 Å². The molecule has 1 aliphatic carbocycles. The first-order valence-electron chi connectivity index (χ1n) is 6.21. The van der Waals surface area contributed by atoms with Crippen LogP contribution in [0.3, 0.4) is 0 Å². The van der Waals surface area contributed by atoms with Crippen molar-refractivity contribution in [2.24, 2.45) is 5.92 Å². The van der Waals surface area contributed by atoms with Gasteiger partial charge in [-0.3, -0.25) is 4.79 Å². The summed E-state index contributed by atoms with van der Waals surface area (Å²) in [5, 5.41) is 3.53. The van der Waals surface area contributed by atoms with E-state index >= 15 is 0 Å². The summed E-state index contributed by atoms with van der Waals surface area (Å²) in [6, 6.07) is 1.07. The number of carbonyl (C=O) groups is 1. The van der Waals surface area contributed by atoms with Gasteiger partial charge in [0, 0.05) is 31.6 Å². The van der Waals surface area contributed by atoms with E-state index in [1.165, 1.54) is 19.3 Å². The van der Waals surface area contributed by atoms with Gasteiger partial charge in [-0.2, -0.15) is 0 Å². The monoisotopic (exact) mass is 210 g/mol. The molecule has 0 aromatic carbocycles. The lowest BCUT2D eigenvalue weighted by Crippen LogP contribution is -2.57. The molecular formula is C12H22N2O. The molecule has 1 saturated heterocycles. The number of fused-ring (bicyclic) bond motifs is 1. The van der Waals surface area contributed by atoms with Gasteiger partial charge in [-0.15, -0.1) is 0 Å². The second kappa shape index (κ2) is 4.52. The molecule has 0 spiro atoms. The van der Waals surface area contributed by atoms with Crippen LogP contribution in [0.15, 0.2) is 0 Å². The van der Waals surface area contributed by atoms with Crippen molar-refractivity contribution in [2.45, 2.75) is 51.6 Å². The number of hydrogen-bond acceptors (Lipinski definition) is 2. The molecule has 2 atom stereocenters. The van der Waals surface area contributed by atoms with E-state index in [9.17, 15) is 4.79 Å². The van der Waals surface area contributed by atoms with E-state index in [1.807, 2.05) is 0 Å². The molecule has 86 valence electrons. The van der Waals surface area contributed by atoms with Gasteiger partial charge >= 0.3 is 0 Å². The first kappa shape index (κ1) is 10.9. The second-order valence-electron chi connectivity index (χ2n) is 5.24. The number of piperazine rings is 1. The quantitative estimate of drug-likeness (QED) is 0.747. The van der Waals surface area contributed by atoms with E-state index in [4.69, 9.17) is 0 Å². The Hall–Kier alpha value is -0.570. The summed E-state index contributed by atoms with van der Waals surface area (Å²) in [5.74, 6) is 0.843. The van der Waals surface area contributed by atoms with Crippen LogP contribution in [0.1, 0.15) is 39.5 Å². The molecule has 1 saturated carbocycles. The van der Waals surface area contributed by atoms with Gasteiger partial charge in [0.2, 0.25) is 5.91 Å². The Morgan fingerprint density at radius 3 is 3.00 bits per heavy atom. The van der Waals surface area contributed by atoms with Gasteiger partial charge in [0.1, 0.15) is 0 Å². The smallest absolute Gasteiger partial charge is 0.223 e. The molecule has 2 rings (SSSR count). The average molecular weight is 210 g/mol. The minimum atomic E-state index is 0.364. The van der Waals surface area contributed by atoms with Crippen molar-refractivity contribution in [1.29, 1.82) is 0 Å². The zero-order valence-electron chi connectivity index (χ0n) is 9.83. The summed E-state index contributed by atoms with van der Waals surface area (Å²) in [6.07, 6.45) is 4.43. The third kappa shape index (κ3) is 2.33. The molecule has 1 heterocycles. The number of amides is 1. The summed E-state index contributed by atoms with van der Waals surface area (Å²) >= 11 is 0. The summed E-state index contributed by atoms with van der Waals surface area (Å²) in [5.41, 5.74) is 0. The molecular weight excluding hydrogens is 188 g/mol. The molecule has 1 N–H and O–H groups in total. The molecule has 2 fully saturated rings. The Bertz CT molecular complexity index is 240. The number of rotatable bonds is 2. The number of carbonyl (C=O) groups excluding carboxylic acids is 1. The normalized spacial score (nSPS) is 30.7. The van der Waals surface area contributed by atoms with Gasteiger partial charge in [0.25, 0.3) is 0 Å². The van der Waals surface area contributed by atoms with Gasteiger partial charge in [0.05, 0.1) is 0 Å². The fraction of sp³-hybridized carbons (Fsp3) is 0.917. The summed E-state index contributed by atoms with van der Waals surface area (Å²) in [6.45, 7) is 6.12. The molecule has 1 aliphatic heterocycles. The molecule has 0 bridgehead atoms. The maximum Gasteiger partial charge on any atom is 0.223 e. The molecule has 0 aromatic heterocycles. The lowest BCUT2D eigenvalue weighted by molar-refractivity contribution is -0.135. The van der Waals surface area contributed by atoms with Crippen molar-refractivity contribution in [3.63, 3.8) is 0 Å². The zero-order chi connectivity index (χ0) is 10.8. The maximum absolute atomic E-state index is 12.0. The third-order valence-electron chi connectivity index (χ3n) is 3.54. The van der Waals surface area contributed by atoms with Crippen LogP contribution in [-0.2, 0) is 4.79 Å². The van der Waals surface area contributed by atoms with Gasteiger partial charge in [-0.1, -0.05) is 13.8 Å². The molecule has 2 aliphatic rings. The van der Waals surface area contributed by atoms with Gasteiger partial charge < -0.3 is 10.2 Å². The minimum Gasteiger partial charge on any atom is -0.337 e. The zero-order valence-corrected chi connectivity index (χ0v) is 9.83. The maximum atomic E-state index is 12.0. The van der Waals surface area contributed by atoms with Crippen LogP contribution in [-0.4, -0.2) is 36.0 Å². The van der Waals surface area contributed by atoms with Gasteiger partial charge in [-0.05, 0) is 25.2 Å². The summed E-state index contributed by atoms with van der Waals surface area (Å²) in [7, 11) is 0. The Balaban J connectivity index is 1.98. The van der Waals surface area contributed by atoms with Crippen LogP contribution in [0.25, 0.3) is 0 Å². The minimum absolute atomic E-state index is 0.364. The molecule has 0 aromatic rings. The highest BCUT2D eigenvalue weighted by Crippen LogP contribution is 2.27. The molecule has 3 heteroatoms. The predicted molar refractivity (Wildman–Crippen MR) is 60.6 cm³/mol. The molecule has 2 unspecified atom stereocenters. The average Bonchev–Trinajstić information content (AvgIpc) is 2.63. The SMILES string of the molecule is CC(C)CC(=O)N1CCNC2CCCC21. The highest BCUT2D eigenvalue weighted by molar-refractivity contribution is 5.77. The number of nitrogens with one attached hydrogen (secondary N) is 1. The van der Waals surface area contributed by atoms with Crippen molar-refractivity contribution >= 4 is 5.91 Å².